The zero-order valence-corrected chi connectivity index (χ0v) is 11.1. The minimum atomic E-state index is 0.447. The predicted molar refractivity (Wildman–Crippen MR) is 67.2 cm³/mol. The van der Waals surface area contributed by atoms with E-state index in [0.717, 1.165) is 19.1 Å². The number of nitrogens with zero attached hydrogens (tertiary/aromatic N) is 1. The van der Waals surface area contributed by atoms with Gasteiger partial charge < -0.3 is 10.2 Å². The third kappa shape index (κ3) is 2.94. The van der Waals surface area contributed by atoms with Gasteiger partial charge in [-0.25, -0.2) is 0 Å². The highest BCUT2D eigenvalue weighted by atomic mass is 15.2. The zero-order chi connectivity index (χ0) is 11.5. The third-order valence-corrected chi connectivity index (χ3v) is 4.04. The van der Waals surface area contributed by atoms with Crippen molar-refractivity contribution in [3.63, 3.8) is 0 Å². The lowest BCUT2D eigenvalue weighted by molar-refractivity contribution is 0.0666. The van der Waals surface area contributed by atoms with Gasteiger partial charge in [0.2, 0.25) is 0 Å². The third-order valence-electron chi connectivity index (χ3n) is 4.04. The molecule has 1 aliphatic carbocycles. The van der Waals surface area contributed by atoms with Crippen LogP contribution in [0.15, 0.2) is 0 Å². The topological polar surface area (TPSA) is 15.3 Å². The summed E-state index contributed by atoms with van der Waals surface area (Å²) in [5, 5.41) is 3.70. The van der Waals surface area contributed by atoms with E-state index < -0.39 is 0 Å². The van der Waals surface area contributed by atoms with Crippen molar-refractivity contribution in [1.82, 2.24) is 10.2 Å². The lowest BCUT2D eigenvalue weighted by atomic mass is 9.70. The fraction of sp³-hybridized carbons (Fsp3) is 1.00. The molecule has 2 atom stereocenters. The van der Waals surface area contributed by atoms with Gasteiger partial charge in [0.1, 0.15) is 0 Å². The molecule has 0 bridgehead atoms. The molecule has 0 heterocycles. The van der Waals surface area contributed by atoms with Gasteiger partial charge in [0.25, 0.3) is 0 Å². The van der Waals surface area contributed by atoms with Gasteiger partial charge in [-0.2, -0.15) is 0 Å². The molecule has 1 rings (SSSR count). The summed E-state index contributed by atoms with van der Waals surface area (Å²) < 4.78 is 0. The summed E-state index contributed by atoms with van der Waals surface area (Å²) in [7, 11) is 2.26. The molecule has 0 aromatic rings. The van der Waals surface area contributed by atoms with Crippen LogP contribution in [0, 0.1) is 5.41 Å². The van der Waals surface area contributed by atoms with Crippen LogP contribution in [0.2, 0.25) is 0 Å². The first-order valence-electron chi connectivity index (χ1n) is 6.46. The molecular formula is C13H28N2. The van der Waals surface area contributed by atoms with Gasteiger partial charge in [0.15, 0.2) is 0 Å². The van der Waals surface area contributed by atoms with E-state index in [9.17, 15) is 0 Å². The Labute approximate surface area is 95.4 Å². The van der Waals surface area contributed by atoms with Crippen molar-refractivity contribution in [2.24, 2.45) is 5.41 Å². The summed E-state index contributed by atoms with van der Waals surface area (Å²) in [6.07, 6.45) is 4.09. The van der Waals surface area contributed by atoms with Crippen molar-refractivity contribution in [2.45, 2.75) is 59.0 Å². The van der Waals surface area contributed by atoms with Gasteiger partial charge in [-0.05, 0) is 38.4 Å². The fourth-order valence-electron chi connectivity index (χ4n) is 2.95. The Kier molecular flexibility index (Phi) is 4.60. The Morgan fingerprint density at radius 3 is 2.53 bits per heavy atom. The van der Waals surface area contributed by atoms with E-state index in [2.05, 4.69) is 45.0 Å². The summed E-state index contributed by atoms with van der Waals surface area (Å²) in [5.74, 6) is 0. The normalized spacial score (nSPS) is 30.8. The highest BCUT2D eigenvalue weighted by Gasteiger charge is 2.39. The quantitative estimate of drug-likeness (QED) is 0.770. The minimum Gasteiger partial charge on any atom is -0.312 e. The second-order valence-electron chi connectivity index (χ2n) is 5.56. The summed E-state index contributed by atoms with van der Waals surface area (Å²) >= 11 is 0. The Balaban J connectivity index is 2.74. The van der Waals surface area contributed by atoms with Gasteiger partial charge in [-0.15, -0.1) is 0 Å². The van der Waals surface area contributed by atoms with Crippen LogP contribution in [0.25, 0.3) is 0 Å². The predicted octanol–water partition coefficient (Wildman–Crippen LogP) is 2.49. The van der Waals surface area contributed by atoms with Crippen LogP contribution in [0.5, 0.6) is 0 Å². The van der Waals surface area contributed by atoms with E-state index in [4.69, 9.17) is 0 Å². The summed E-state index contributed by atoms with van der Waals surface area (Å²) in [4.78, 5) is 2.51. The molecule has 0 radical (unpaired) electrons. The van der Waals surface area contributed by atoms with Gasteiger partial charge in [-0.3, -0.25) is 0 Å². The maximum atomic E-state index is 3.70. The van der Waals surface area contributed by atoms with Crippen molar-refractivity contribution < 1.29 is 0 Å². The van der Waals surface area contributed by atoms with Crippen LogP contribution in [0.3, 0.4) is 0 Å². The highest BCUT2D eigenvalue weighted by molar-refractivity contribution is 4.97. The molecule has 0 aromatic carbocycles. The molecule has 90 valence electrons. The van der Waals surface area contributed by atoms with E-state index in [-0.39, 0.29) is 0 Å². The molecule has 0 aliphatic heterocycles. The second-order valence-corrected chi connectivity index (χ2v) is 5.56. The van der Waals surface area contributed by atoms with Crippen LogP contribution in [-0.4, -0.2) is 37.1 Å². The zero-order valence-electron chi connectivity index (χ0n) is 11.1. The smallest absolute Gasteiger partial charge is 0.0274 e. The van der Waals surface area contributed by atoms with Crippen LogP contribution in [0.1, 0.15) is 47.0 Å². The van der Waals surface area contributed by atoms with Crippen molar-refractivity contribution in [3.8, 4) is 0 Å². The number of rotatable bonds is 4. The monoisotopic (exact) mass is 212 g/mol. The first-order chi connectivity index (χ1) is 7.03. The molecule has 1 fully saturated rings. The molecule has 1 aliphatic rings. The van der Waals surface area contributed by atoms with E-state index in [1.807, 2.05) is 0 Å². The number of nitrogens with one attached hydrogen (secondary N) is 1. The largest absolute Gasteiger partial charge is 0.312 e. The highest BCUT2D eigenvalue weighted by Crippen LogP contribution is 2.37. The fourth-order valence-corrected chi connectivity index (χ4v) is 2.95. The maximum absolute atomic E-state index is 3.70. The second kappa shape index (κ2) is 5.31. The minimum absolute atomic E-state index is 0.447. The van der Waals surface area contributed by atoms with E-state index in [1.54, 1.807) is 0 Å². The van der Waals surface area contributed by atoms with Crippen molar-refractivity contribution >= 4 is 0 Å². The van der Waals surface area contributed by atoms with Gasteiger partial charge in [0, 0.05) is 12.1 Å². The lowest BCUT2D eigenvalue weighted by Crippen LogP contribution is -2.57. The van der Waals surface area contributed by atoms with Crippen molar-refractivity contribution in [2.75, 3.05) is 20.1 Å². The molecule has 0 saturated heterocycles. The number of hydrogen-bond donors (Lipinski definition) is 1. The van der Waals surface area contributed by atoms with E-state index >= 15 is 0 Å². The summed E-state index contributed by atoms with van der Waals surface area (Å²) in [6, 6.07) is 1.37. The van der Waals surface area contributed by atoms with Crippen LogP contribution >= 0.6 is 0 Å². The molecule has 1 N–H and O–H groups in total. The molecule has 0 aromatic heterocycles. The Morgan fingerprint density at radius 2 is 2.00 bits per heavy atom. The molecule has 2 unspecified atom stereocenters. The average Bonchev–Trinajstić information content (AvgIpc) is 2.20. The Bertz CT molecular complexity index is 189. The van der Waals surface area contributed by atoms with Gasteiger partial charge in [-0.1, -0.05) is 34.1 Å². The number of hydrogen-bond acceptors (Lipinski definition) is 2. The average molecular weight is 212 g/mol. The molecule has 0 amide bonds. The standard InChI is InChI=1S/C13H28N2/c1-6-14-12-11(15(5)7-2)9-8-10-13(12,3)4/h11-12,14H,6-10H2,1-5H3. The van der Waals surface area contributed by atoms with Crippen LogP contribution in [-0.2, 0) is 0 Å². The first-order valence-corrected chi connectivity index (χ1v) is 6.46. The van der Waals surface area contributed by atoms with Crippen LogP contribution in [0.4, 0.5) is 0 Å². The molecule has 2 heteroatoms. The summed E-state index contributed by atoms with van der Waals surface area (Å²) in [6.45, 7) is 11.5. The van der Waals surface area contributed by atoms with E-state index in [1.165, 1.54) is 19.3 Å². The number of likely N-dealkylation sites (N-methyl/N-ethyl adjacent to an activating group) is 2. The Morgan fingerprint density at radius 1 is 1.33 bits per heavy atom. The first kappa shape index (κ1) is 13.0. The van der Waals surface area contributed by atoms with Crippen LogP contribution < -0.4 is 5.32 Å². The maximum Gasteiger partial charge on any atom is 0.0274 e. The molecular weight excluding hydrogens is 184 g/mol. The molecule has 0 spiro atoms. The van der Waals surface area contributed by atoms with E-state index in [0.29, 0.717) is 11.5 Å². The van der Waals surface area contributed by atoms with Crippen molar-refractivity contribution in [1.29, 1.82) is 0 Å². The van der Waals surface area contributed by atoms with Gasteiger partial charge in [0.05, 0.1) is 0 Å². The lowest BCUT2D eigenvalue weighted by Gasteiger charge is -2.47. The van der Waals surface area contributed by atoms with Gasteiger partial charge >= 0.3 is 0 Å². The molecule has 1 saturated carbocycles. The Hall–Kier alpha value is -0.0800. The molecule has 15 heavy (non-hydrogen) atoms. The summed E-state index contributed by atoms with van der Waals surface area (Å²) in [5.41, 5.74) is 0.447. The SMILES string of the molecule is CCNC1C(N(C)CC)CCCC1(C)C. The molecule has 2 nitrogen and oxygen atoms in total. The van der Waals surface area contributed by atoms with Crippen molar-refractivity contribution in [3.05, 3.63) is 0 Å².